The van der Waals surface area contributed by atoms with Crippen molar-refractivity contribution >= 4 is 17.7 Å². The Balaban J connectivity index is 1.80. The van der Waals surface area contributed by atoms with Gasteiger partial charge in [-0.25, -0.2) is 14.8 Å². The SMILES string of the molecule is CCNc1cc(N2CCN3C(=O)NCC3C2)nc(CC)n1. The minimum absolute atomic E-state index is 0.0601. The van der Waals surface area contributed by atoms with Crippen LogP contribution in [0.5, 0.6) is 0 Å². The monoisotopic (exact) mass is 290 g/mol. The Morgan fingerprint density at radius 2 is 2.24 bits per heavy atom. The first kappa shape index (κ1) is 13.9. The van der Waals surface area contributed by atoms with Gasteiger partial charge in [0.2, 0.25) is 0 Å². The average molecular weight is 290 g/mol. The van der Waals surface area contributed by atoms with Gasteiger partial charge in [-0.05, 0) is 6.92 Å². The lowest BCUT2D eigenvalue weighted by Crippen LogP contribution is -2.52. The smallest absolute Gasteiger partial charge is 0.317 e. The standard InChI is InChI=1S/C14H22N6O/c1-3-11-17-12(15-4-2)7-13(18-11)19-5-6-20-10(9-19)8-16-14(20)21/h7,10H,3-6,8-9H2,1-2H3,(H,16,21)(H,15,17,18). The van der Waals surface area contributed by atoms with Gasteiger partial charge in [0.25, 0.3) is 0 Å². The van der Waals surface area contributed by atoms with Gasteiger partial charge in [-0.3, -0.25) is 0 Å². The number of anilines is 2. The molecule has 1 atom stereocenters. The van der Waals surface area contributed by atoms with E-state index in [1.165, 1.54) is 0 Å². The number of hydrogen-bond acceptors (Lipinski definition) is 5. The van der Waals surface area contributed by atoms with Gasteiger partial charge in [-0.1, -0.05) is 6.92 Å². The molecule has 2 fully saturated rings. The second kappa shape index (κ2) is 5.75. The molecular weight excluding hydrogens is 268 g/mol. The van der Waals surface area contributed by atoms with E-state index in [9.17, 15) is 4.79 Å². The van der Waals surface area contributed by atoms with E-state index in [1.807, 2.05) is 11.0 Å². The van der Waals surface area contributed by atoms with Crippen LogP contribution in [0.4, 0.5) is 16.4 Å². The topological polar surface area (TPSA) is 73.4 Å². The number of urea groups is 1. The molecule has 2 N–H and O–H groups in total. The van der Waals surface area contributed by atoms with Gasteiger partial charge in [0.15, 0.2) is 0 Å². The van der Waals surface area contributed by atoms with Gasteiger partial charge >= 0.3 is 6.03 Å². The summed E-state index contributed by atoms with van der Waals surface area (Å²) in [5.41, 5.74) is 0. The third kappa shape index (κ3) is 2.72. The molecule has 0 aliphatic carbocycles. The molecule has 1 aromatic rings. The first-order chi connectivity index (χ1) is 10.2. The zero-order chi connectivity index (χ0) is 14.8. The molecule has 0 aromatic carbocycles. The van der Waals surface area contributed by atoms with Crippen LogP contribution in [0.15, 0.2) is 6.07 Å². The van der Waals surface area contributed by atoms with E-state index in [-0.39, 0.29) is 12.1 Å². The first-order valence-corrected chi connectivity index (χ1v) is 7.62. The highest BCUT2D eigenvalue weighted by atomic mass is 16.2. The molecule has 2 saturated heterocycles. The summed E-state index contributed by atoms with van der Waals surface area (Å²) >= 11 is 0. The van der Waals surface area contributed by atoms with Crippen LogP contribution in [-0.4, -0.2) is 59.7 Å². The maximum atomic E-state index is 11.7. The molecule has 0 spiro atoms. The fourth-order valence-corrected chi connectivity index (χ4v) is 2.89. The van der Waals surface area contributed by atoms with Crippen LogP contribution in [0.1, 0.15) is 19.7 Å². The molecule has 2 amide bonds. The van der Waals surface area contributed by atoms with Crippen LogP contribution in [0.3, 0.4) is 0 Å². The minimum Gasteiger partial charge on any atom is -0.370 e. The van der Waals surface area contributed by atoms with Crippen LogP contribution < -0.4 is 15.5 Å². The highest BCUT2D eigenvalue weighted by molar-refractivity contribution is 5.77. The summed E-state index contributed by atoms with van der Waals surface area (Å²) in [7, 11) is 0. The summed E-state index contributed by atoms with van der Waals surface area (Å²) in [6.07, 6.45) is 0.815. The summed E-state index contributed by atoms with van der Waals surface area (Å²) in [5, 5.41) is 6.16. The number of hydrogen-bond donors (Lipinski definition) is 2. The van der Waals surface area contributed by atoms with Gasteiger partial charge < -0.3 is 20.4 Å². The predicted molar refractivity (Wildman–Crippen MR) is 81.7 cm³/mol. The average Bonchev–Trinajstić information content (AvgIpc) is 2.88. The van der Waals surface area contributed by atoms with E-state index < -0.39 is 0 Å². The fraction of sp³-hybridized carbons (Fsp3) is 0.643. The highest BCUT2D eigenvalue weighted by Gasteiger charge is 2.35. The van der Waals surface area contributed by atoms with E-state index in [0.717, 1.165) is 56.6 Å². The fourth-order valence-electron chi connectivity index (χ4n) is 2.89. The number of nitrogens with zero attached hydrogens (tertiary/aromatic N) is 4. The van der Waals surface area contributed by atoms with Crippen molar-refractivity contribution in [3.63, 3.8) is 0 Å². The lowest BCUT2D eigenvalue weighted by atomic mass is 10.2. The molecule has 3 heterocycles. The van der Waals surface area contributed by atoms with Crippen LogP contribution in [0, 0.1) is 0 Å². The Bertz CT molecular complexity index is 534. The first-order valence-electron chi connectivity index (χ1n) is 7.62. The van der Waals surface area contributed by atoms with Crippen molar-refractivity contribution in [2.24, 2.45) is 0 Å². The normalized spacial score (nSPS) is 21.2. The molecule has 2 aliphatic heterocycles. The van der Waals surface area contributed by atoms with Crippen LogP contribution in [0.2, 0.25) is 0 Å². The number of fused-ring (bicyclic) bond motifs is 1. The Labute approximate surface area is 124 Å². The van der Waals surface area contributed by atoms with E-state index in [4.69, 9.17) is 0 Å². The van der Waals surface area contributed by atoms with E-state index in [1.54, 1.807) is 0 Å². The van der Waals surface area contributed by atoms with E-state index in [0.29, 0.717) is 0 Å². The van der Waals surface area contributed by atoms with Gasteiger partial charge in [0.05, 0.1) is 6.04 Å². The minimum atomic E-state index is 0.0601. The lowest BCUT2D eigenvalue weighted by Gasteiger charge is -2.37. The van der Waals surface area contributed by atoms with Gasteiger partial charge in [-0.15, -0.1) is 0 Å². The second-order valence-electron chi connectivity index (χ2n) is 5.39. The number of carbonyl (C=O) groups is 1. The number of aromatic nitrogens is 2. The molecule has 7 heteroatoms. The Morgan fingerprint density at radius 1 is 1.38 bits per heavy atom. The zero-order valence-corrected chi connectivity index (χ0v) is 12.6. The molecule has 7 nitrogen and oxygen atoms in total. The molecule has 0 radical (unpaired) electrons. The molecule has 21 heavy (non-hydrogen) atoms. The van der Waals surface area contributed by atoms with Gasteiger partial charge in [0.1, 0.15) is 17.5 Å². The van der Waals surface area contributed by atoms with Crippen LogP contribution in [-0.2, 0) is 6.42 Å². The van der Waals surface area contributed by atoms with Crippen molar-refractivity contribution in [2.45, 2.75) is 26.3 Å². The maximum absolute atomic E-state index is 11.7. The molecule has 1 aromatic heterocycles. The van der Waals surface area contributed by atoms with E-state index in [2.05, 4.69) is 39.3 Å². The summed E-state index contributed by atoms with van der Waals surface area (Å²) < 4.78 is 0. The molecule has 114 valence electrons. The van der Waals surface area contributed by atoms with E-state index >= 15 is 0 Å². The molecule has 2 aliphatic rings. The van der Waals surface area contributed by atoms with Crippen molar-refractivity contribution in [2.75, 3.05) is 42.9 Å². The number of nitrogens with one attached hydrogen (secondary N) is 2. The zero-order valence-electron chi connectivity index (χ0n) is 12.6. The number of amides is 2. The largest absolute Gasteiger partial charge is 0.370 e. The highest BCUT2D eigenvalue weighted by Crippen LogP contribution is 2.22. The van der Waals surface area contributed by atoms with Crippen molar-refractivity contribution in [1.29, 1.82) is 0 Å². The molecule has 0 bridgehead atoms. The van der Waals surface area contributed by atoms with Gasteiger partial charge in [-0.2, -0.15) is 0 Å². The maximum Gasteiger partial charge on any atom is 0.317 e. The Morgan fingerprint density at radius 3 is 3.00 bits per heavy atom. The molecule has 1 unspecified atom stereocenters. The second-order valence-corrected chi connectivity index (χ2v) is 5.39. The van der Waals surface area contributed by atoms with Crippen molar-refractivity contribution in [1.82, 2.24) is 20.2 Å². The molecule has 0 saturated carbocycles. The van der Waals surface area contributed by atoms with Crippen molar-refractivity contribution in [3.8, 4) is 0 Å². The predicted octanol–water partition coefficient (Wildman–Crippen LogP) is 0.685. The Hall–Kier alpha value is -2.05. The number of piperazine rings is 1. The summed E-state index contributed by atoms with van der Waals surface area (Å²) in [6, 6.07) is 2.31. The molecular formula is C14H22N6O. The number of aryl methyl sites for hydroxylation is 1. The van der Waals surface area contributed by atoms with Gasteiger partial charge in [0, 0.05) is 45.2 Å². The van der Waals surface area contributed by atoms with Crippen molar-refractivity contribution < 1.29 is 4.79 Å². The van der Waals surface area contributed by atoms with Crippen molar-refractivity contribution in [3.05, 3.63) is 11.9 Å². The third-order valence-corrected chi connectivity index (χ3v) is 3.99. The third-order valence-electron chi connectivity index (χ3n) is 3.99. The molecule has 3 rings (SSSR count). The Kier molecular flexibility index (Phi) is 3.81. The quantitative estimate of drug-likeness (QED) is 0.853. The summed E-state index contributed by atoms with van der Waals surface area (Å²) in [5.74, 6) is 2.69. The lowest BCUT2D eigenvalue weighted by molar-refractivity contribution is 0.197. The summed E-state index contributed by atoms with van der Waals surface area (Å²) in [6.45, 7) is 8.07. The summed E-state index contributed by atoms with van der Waals surface area (Å²) in [4.78, 5) is 25.0. The number of rotatable bonds is 4. The van der Waals surface area contributed by atoms with Crippen LogP contribution >= 0.6 is 0 Å². The number of carbonyl (C=O) groups excluding carboxylic acids is 1. The van der Waals surface area contributed by atoms with Crippen LogP contribution in [0.25, 0.3) is 0 Å².